The van der Waals surface area contributed by atoms with Crippen LogP contribution in [0.25, 0.3) is 0 Å². The quantitative estimate of drug-likeness (QED) is 0.234. The Balaban J connectivity index is 1.49. The van der Waals surface area contributed by atoms with Crippen molar-refractivity contribution in [3.8, 4) is 0 Å². The van der Waals surface area contributed by atoms with E-state index in [0.29, 0.717) is 35.8 Å². The molecule has 1 saturated heterocycles. The van der Waals surface area contributed by atoms with Gasteiger partial charge in [0.15, 0.2) is 6.10 Å². The molecule has 0 aromatic carbocycles. The fourth-order valence-electron chi connectivity index (χ4n) is 13.7. The summed E-state index contributed by atoms with van der Waals surface area (Å²) in [6, 6.07) is 0. The third-order valence-electron chi connectivity index (χ3n) is 16.7. The number of esters is 2. The van der Waals surface area contributed by atoms with Gasteiger partial charge in [-0.25, -0.2) is 9.59 Å². The number of hydrogen-bond donors (Lipinski definition) is 2. The van der Waals surface area contributed by atoms with Crippen LogP contribution in [0.1, 0.15) is 134 Å². The van der Waals surface area contributed by atoms with Crippen molar-refractivity contribution < 1.29 is 34.0 Å². The number of aliphatic hydroxyl groups is 2. The zero-order valence-corrected chi connectivity index (χ0v) is 31.9. The number of hydrogen-bond acceptors (Lipinski definition) is 7. The minimum absolute atomic E-state index is 0.0852. The molecule has 1 aliphatic heterocycles. The lowest BCUT2D eigenvalue weighted by molar-refractivity contribution is -0.312. The van der Waals surface area contributed by atoms with E-state index in [1.165, 1.54) is 0 Å². The summed E-state index contributed by atoms with van der Waals surface area (Å²) in [6.45, 7) is 25.4. The molecule has 48 heavy (non-hydrogen) atoms. The molecule has 5 saturated carbocycles. The molecule has 0 radical (unpaired) electrons. The maximum Gasteiger partial charge on any atom is 0.333 e. The average Bonchev–Trinajstić information content (AvgIpc) is 3.21. The van der Waals surface area contributed by atoms with Gasteiger partial charge in [-0.3, -0.25) is 0 Å². The largest absolute Gasteiger partial charge is 0.454 e. The highest BCUT2D eigenvalue weighted by Crippen LogP contribution is 2.81. The van der Waals surface area contributed by atoms with E-state index < -0.39 is 52.8 Å². The predicted octanol–water partition coefficient (Wildman–Crippen LogP) is 7.72. The smallest absolute Gasteiger partial charge is 0.333 e. The van der Waals surface area contributed by atoms with E-state index in [2.05, 4.69) is 55.4 Å². The van der Waals surface area contributed by atoms with Gasteiger partial charge in [0.25, 0.3) is 0 Å². The van der Waals surface area contributed by atoms with Crippen LogP contribution >= 0.6 is 0 Å². The second kappa shape index (κ2) is 11.1. The summed E-state index contributed by atoms with van der Waals surface area (Å²) in [7, 11) is 0. The SMILES string of the molecule is C/C=C(/C)C(=O)O[C@H]1[C@H](OC(=O)/C(C)=C\C)[C@@]23C(CC1(C)C)[C@]1(CCC4[C@@]5(C)CC[C@H](O)C(C)(C)C5CC[C@@]4(C)[C@]1(C)C[C@H]2O)O[C@@H]3C. The van der Waals surface area contributed by atoms with Gasteiger partial charge in [-0.05, 0) is 114 Å². The predicted molar refractivity (Wildman–Crippen MR) is 186 cm³/mol. The Morgan fingerprint density at radius 1 is 0.729 bits per heavy atom. The van der Waals surface area contributed by atoms with Gasteiger partial charge in [-0.15, -0.1) is 0 Å². The minimum atomic E-state index is -0.936. The van der Waals surface area contributed by atoms with E-state index in [1.54, 1.807) is 26.0 Å². The van der Waals surface area contributed by atoms with Crippen LogP contribution in [0, 0.1) is 50.2 Å². The molecule has 6 rings (SSSR count). The van der Waals surface area contributed by atoms with E-state index in [0.717, 1.165) is 38.5 Å². The summed E-state index contributed by atoms with van der Waals surface area (Å²) >= 11 is 0. The summed E-state index contributed by atoms with van der Waals surface area (Å²) in [4.78, 5) is 27.1. The molecule has 3 unspecified atom stereocenters. The molecular weight excluding hydrogens is 604 g/mol. The summed E-state index contributed by atoms with van der Waals surface area (Å²) < 4.78 is 20.4. The molecule has 0 amide bonds. The van der Waals surface area contributed by atoms with Crippen LogP contribution in [0.3, 0.4) is 0 Å². The molecule has 7 heteroatoms. The summed E-state index contributed by atoms with van der Waals surface area (Å²) in [5.74, 6) is -0.105. The molecule has 0 aromatic heterocycles. The number of allylic oxidation sites excluding steroid dienone is 2. The summed E-state index contributed by atoms with van der Waals surface area (Å²) in [5, 5.41) is 24.0. The van der Waals surface area contributed by atoms with Crippen molar-refractivity contribution in [3.05, 3.63) is 23.3 Å². The molecule has 5 aliphatic carbocycles. The van der Waals surface area contributed by atoms with Crippen molar-refractivity contribution in [3.63, 3.8) is 0 Å². The Morgan fingerprint density at radius 3 is 1.88 bits per heavy atom. The molecule has 13 atom stereocenters. The van der Waals surface area contributed by atoms with Crippen molar-refractivity contribution in [1.82, 2.24) is 0 Å². The highest BCUT2D eigenvalue weighted by Gasteiger charge is 2.84. The zero-order valence-electron chi connectivity index (χ0n) is 31.9. The Morgan fingerprint density at radius 2 is 1.29 bits per heavy atom. The van der Waals surface area contributed by atoms with Gasteiger partial charge in [-0.2, -0.15) is 0 Å². The van der Waals surface area contributed by atoms with Gasteiger partial charge < -0.3 is 24.4 Å². The van der Waals surface area contributed by atoms with Crippen LogP contribution in [0.5, 0.6) is 0 Å². The fourth-order valence-corrected chi connectivity index (χ4v) is 13.7. The molecule has 6 fully saturated rings. The molecule has 270 valence electrons. The molecule has 2 bridgehead atoms. The number of carbonyl (C=O) groups is 2. The average molecular weight is 669 g/mol. The lowest BCUT2D eigenvalue weighted by Crippen LogP contribution is -2.77. The van der Waals surface area contributed by atoms with Gasteiger partial charge in [0.05, 0.1) is 29.3 Å². The lowest BCUT2D eigenvalue weighted by Gasteiger charge is -2.75. The zero-order chi connectivity index (χ0) is 35.6. The highest BCUT2D eigenvalue weighted by molar-refractivity contribution is 5.88. The van der Waals surface area contributed by atoms with E-state index in [1.807, 2.05) is 13.8 Å². The van der Waals surface area contributed by atoms with Crippen LogP contribution in [-0.4, -0.2) is 58.3 Å². The van der Waals surface area contributed by atoms with Gasteiger partial charge in [0.1, 0.15) is 6.10 Å². The van der Waals surface area contributed by atoms with E-state index in [-0.39, 0.29) is 33.7 Å². The maximum atomic E-state index is 13.7. The monoisotopic (exact) mass is 668 g/mol. The molecule has 0 aromatic rings. The number of aliphatic hydroxyl groups excluding tert-OH is 2. The first-order valence-corrected chi connectivity index (χ1v) is 18.9. The molecule has 7 nitrogen and oxygen atoms in total. The van der Waals surface area contributed by atoms with Crippen LogP contribution in [0.2, 0.25) is 0 Å². The highest BCUT2D eigenvalue weighted by atomic mass is 16.6. The third kappa shape index (κ3) is 4.28. The summed E-state index contributed by atoms with van der Waals surface area (Å²) in [6.07, 6.45) is 7.39. The molecule has 2 N–H and O–H groups in total. The molecule has 1 spiro atoms. The Kier molecular flexibility index (Phi) is 8.39. The maximum absolute atomic E-state index is 13.7. The second-order valence-electron chi connectivity index (χ2n) is 19.0. The van der Waals surface area contributed by atoms with Gasteiger partial charge in [0, 0.05) is 27.9 Å². The van der Waals surface area contributed by atoms with Gasteiger partial charge in [-0.1, -0.05) is 60.6 Å². The van der Waals surface area contributed by atoms with Crippen LogP contribution in [0.15, 0.2) is 23.3 Å². The lowest BCUT2D eigenvalue weighted by atomic mass is 9.30. The van der Waals surface area contributed by atoms with Gasteiger partial charge in [0.2, 0.25) is 0 Å². The molecular formula is C41H64O7. The van der Waals surface area contributed by atoms with Crippen molar-refractivity contribution >= 4 is 11.9 Å². The van der Waals surface area contributed by atoms with Crippen LogP contribution in [0.4, 0.5) is 0 Å². The summed E-state index contributed by atoms with van der Waals surface area (Å²) in [5.41, 5.74) is -1.55. The first-order valence-electron chi connectivity index (χ1n) is 18.9. The first-order chi connectivity index (χ1) is 22.2. The van der Waals surface area contributed by atoms with Crippen molar-refractivity contribution in [2.45, 2.75) is 171 Å². The third-order valence-corrected chi connectivity index (χ3v) is 16.7. The fraction of sp³-hybridized carbons (Fsp3) is 0.854. The Bertz CT molecular complexity index is 1410. The van der Waals surface area contributed by atoms with E-state index in [9.17, 15) is 19.8 Å². The van der Waals surface area contributed by atoms with E-state index in [4.69, 9.17) is 14.2 Å². The van der Waals surface area contributed by atoms with E-state index >= 15 is 0 Å². The van der Waals surface area contributed by atoms with Crippen molar-refractivity contribution in [1.29, 1.82) is 0 Å². The van der Waals surface area contributed by atoms with Crippen LogP contribution < -0.4 is 0 Å². The number of ether oxygens (including phenoxy) is 3. The topological polar surface area (TPSA) is 102 Å². The first kappa shape index (κ1) is 36.1. The van der Waals surface area contributed by atoms with Gasteiger partial charge >= 0.3 is 11.9 Å². The Labute approximate surface area is 289 Å². The van der Waals surface area contributed by atoms with Crippen molar-refractivity contribution in [2.24, 2.45) is 50.2 Å². The molecule has 1 heterocycles. The minimum Gasteiger partial charge on any atom is -0.454 e. The standard InChI is InChI=1S/C41H64O7/c1-13-23(3)33(44)46-31-32(47-34(45)24(4)14-2)41-25(5)48-40(28(41)21-35(31,6)7)20-16-27-37(10)18-17-29(42)36(8,9)26(37)15-19-38(27,11)39(40,12)22-30(41)43/h13-14,25-32,42-43H,15-22H2,1-12H3/b23-13-,24-14-/t25-,26?,27?,28?,29+,30-,31+,32+,37+,38-,39+,40+,41+/m1/s1. The number of fused-ring (bicyclic) bond motifs is 4. The number of carbonyl (C=O) groups excluding carboxylic acids is 2. The molecule has 6 aliphatic rings. The van der Waals surface area contributed by atoms with Crippen LogP contribution in [-0.2, 0) is 23.8 Å². The second-order valence-corrected chi connectivity index (χ2v) is 19.0. The Hall–Kier alpha value is -1.70. The normalized spacial score (nSPS) is 50.7. The van der Waals surface area contributed by atoms with Crippen molar-refractivity contribution in [2.75, 3.05) is 0 Å². The number of rotatable bonds is 4.